The number of rotatable bonds is 4. The number of aliphatic hydroxyl groups is 1. The molecule has 1 fully saturated rings. The molecule has 0 spiro atoms. The van der Waals surface area contributed by atoms with Crippen LogP contribution in [0, 0.1) is 0 Å². The highest BCUT2D eigenvalue weighted by Gasteiger charge is 2.27. The molecule has 2 rings (SSSR count). The van der Waals surface area contributed by atoms with E-state index < -0.39 is 0 Å². The first-order valence-electron chi connectivity index (χ1n) is 6.94. The van der Waals surface area contributed by atoms with E-state index in [1.54, 1.807) is 4.90 Å². The summed E-state index contributed by atoms with van der Waals surface area (Å²) in [5.41, 5.74) is 7.59. The van der Waals surface area contributed by atoms with Gasteiger partial charge in [0.15, 0.2) is 0 Å². The maximum atomic E-state index is 12.3. The van der Waals surface area contributed by atoms with Crippen LogP contribution in [0.5, 0.6) is 0 Å². The average molecular weight is 278 g/mol. The third kappa shape index (κ3) is 3.79. The molecular weight excluding hydrogens is 256 g/mol. The van der Waals surface area contributed by atoms with Gasteiger partial charge in [0, 0.05) is 19.6 Å². The van der Waals surface area contributed by atoms with E-state index in [0.29, 0.717) is 26.1 Å². The zero-order valence-electron chi connectivity index (χ0n) is 11.8. The largest absolute Gasteiger partial charge is 0.394 e. The number of aliphatic hydroxyl groups excluding tert-OH is 1. The summed E-state index contributed by atoms with van der Waals surface area (Å²) in [6.07, 6.45) is 0.0576. The van der Waals surface area contributed by atoms with Crippen molar-refractivity contribution in [3.63, 3.8) is 0 Å². The summed E-state index contributed by atoms with van der Waals surface area (Å²) in [7, 11) is 0. The molecule has 0 aromatic heterocycles. The van der Waals surface area contributed by atoms with Crippen LogP contribution in [0.15, 0.2) is 24.3 Å². The summed E-state index contributed by atoms with van der Waals surface area (Å²) < 4.78 is 5.54. The van der Waals surface area contributed by atoms with Crippen molar-refractivity contribution in [3.05, 3.63) is 35.4 Å². The fourth-order valence-corrected chi connectivity index (χ4v) is 2.43. The summed E-state index contributed by atoms with van der Waals surface area (Å²) in [5.74, 6) is 0.0686. The Morgan fingerprint density at radius 3 is 2.60 bits per heavy atom. The lowest BCUT2D eigenvalue weighted by atomic mass is 10.1. The van der Waals surface area contributed by atoms with Gasteiger partial charge in [0.05, 0.1) is 25.2 Å². The highest BCUT2D eigenvalue weighted by molar-refractivity contribution is 5.79. The quantitative estimate of drug-likeness (QED) is 0.830. The first-order chi connectivity index (χ1) is 9.62. The second-order valence-corrected chi connectivity index (χ2v) is 5.25. The maximum Gasteiger partial charge on any atom is 0.227 e. The van der Waals surface area contributed by atoms with Crippen LogP contribution < -0.4 is 5.73 Å². The van der Waals surface area contributed by atoms with Crippen LogP contribution >= 0.6 is 0 Å². The summed E-state index contributed by atoms with van der Waals surface area (Å²) in [5, 5.41) is 9.18. The van der Waals surface area contributed by atoms with Gasteiger partial charge >= 0.3 is 0 Å². The Labute approximate surface area is 119 Å². The molecule has 1 heterocycles. The molecule has 3 N–H and O–H groups in total. The van der Waals surface area contributed by atoms with Gasteiger partial charge in [0.25, 0.3) is 0 Å². The molecule has 0 saturated carbocycles. The van der Waals surface area contributed by atoms with Crippen LogP contribution in [0.4, 0.5) is 0 Å². The van der Waals surface area contributed by atoms with Crippen molar-refractivity contribution in [2.24, 2.45) is 5.73 Å². The topological polar surface area (TPSA) is 75.8 Å². The summed E-state index contributed by atoms with van der Waals surface area (Å²) in [6.45, 7) is 3.40. The normalized spacial score (nSPS) is 22.9. The van der Waals surface area contributed by atoms with Crippen molar-refractivity contribution < 1.29 is 14.6 Å². The Balaban J connectivity index is 1.96. The fraction of sp³-hybridized carbons (Fsp3) is 0.533. The Bertz CT molecular complexity index is 447. The highest BCUT2D eigenvalue weighted by atomic mass is 16.5. The molecule has 5 heteroatoms. The van der Waals surface area contributed by atoms with Crippen LogP contribution in [-0.4, -0.2) is 47.8 Å². The maximum absolute atomic E-state index is 12.3. The minimum atomic E-state index is -0.276. The fourth-order valence-electron chi connectivity index (χ4n) is 2.43. The van der Waals surface area contributed by atoms with E-state index in [2.05, 4.69) is 0 Å². The van der Waals surface area contributed by atoms with Gasteiger partial charge in [0.1, 0.15) is 0 Å². The van der Waals surface area contributed by atoms with Crippen LogP contribution in [0.2, 0.25) is 0 Å². The number of hydrogen-bond donors (Lipinski definition) is 2. The van der Waals surface area contributed by atoms with Crippen LogP contribution in [0.3, 0.4) is 0 Å². The molecule has 20 heavy (non-hydrogen) atoms. The summed E-state index contributed by atoms with van der Waals surface area (Å²) >= 11 is 0. The molecule has 1 saturated heterocycles. The van der Waals surface area contributed by atoms with E-state index in [0.717, 1.165) is 11.1 Å². The van der Waals surface area contributed by atoms with Crippen molar-refractivity contribution >= 4 is 5.91 Å². The Hall–Kier alpha value is -1.43. The van der Waals surface area contributed by atoms with Crippen LogP contribution in [0.1, 0.15) is 18.1 Å². The van der Waals surface area contributed by atoms with E-state index in [-0.39, 0.29) is 24.7 Å². The standard InChI is InChI=1S/C15H22N2O3/c1-11-8-17(9-14(10-18)20-11)15(19)6-12-2-4-13(7-16)5-3-12/h2-5,11,14,18H,6-10,16H2,1H3. The lowest BCUT2D eigenvalue weighted by molar-refractivity contribution is -0.146. The third-order valence-electron chi connectivity index (χ3n) is 3.50. The molecule has 1 aliphatic rings. The number of amides is 1. The predicted octanol–water partition coefficient (Wildman–Crippen LogP) is 0.296. The monoisotopic (exact) mass is 278 g/mol. The third-order valence-corrected chi connectivity index (χ3v) is 3.50. The van der Waals surface area contributed by atoms with Crippen molar-refractivity contribution in [2.75, 3.05) is 19.7 Å². The minimum absolute atomic E-state index is 0.0375. The summed E-state index contributed by atoms with van der Waals surface area (Å²) in [6, 6.07) is 7.77. The molecule has 2 atom stereocenters. The second-order valence-electron chi connectivity index (χ2n) is 5.25. The number of nitrogens with two attached hydrogens (primary N) is 1. The molecule has 1 aromatic rings. The van der Waals surface area contributed by atoms with Crippen LogP contribution in [0.25, 0.3) is 0 Å². The van der Waals surface area contributed by atoms with Gasteiger partial charge in [-0.15, -0.1) is 0 Å². The molecule has 2 unspecified atom stereocenters. The van der Waals surface area contributed by atoms with Gasteiger partial charge in [-0.1, -0.05) is 24.3 Å². The highest BCUT2D eigenvalue weighted by Crippen LogP contribution is 2.13. The number of benzene rings is 1. The average Bonchev–Trinajstić information content (AvgIpc) is 2.47. The van der Waals surface area contributed by atoms with Crippen LogP contribution in [-0.2, 0) is 22.5 Å². The van der Waals surface area contributed by atoms with Gasteiger partial charge < -0.3 is 20.5 Å². The predicted molar refractivity (Wildman–Crippen MR) is 76.0 cm³/mol. The lowest BCUT2D eigenvalue weighted by Crippen LogP contribution is -2.50. The molecule has 0 aliphatic carbocycles. The minimum Gasteiger partial charge on any atom is -0.394 e. The number of morpholine rings is 1. The number of carbonyl (C=O) groups excluding carboxylic acids is 1. The Kier molecular flexibility index (Phi) is 5.11. The smallest absolute Gasteiger partial charge is 0.227 e. The summed E-state index contributed by atoms with van der Waals surface area (Å²) in [4.78, 5) is 14.1. The zero-order chi connectivity index (χ0) is 14.5. The molecule has 1 amide bonds. The number of ether oxygens (including phenoxy) is 1. The van der Waals surface area contributed by atoms with E-state index in [4.69, 9.17) is 10.5 Å². The number of carbonyl (C=O) groups is 1. The Morgan fingerprint density at radius 1 is 1.35 bits per heavy atom. The van der Waals surface area contributed by atoms with Crippen molar-refractivity contribution in [2.45, 2.75) is 32.1 Å². The van der Waals surface area contributed by atoms with Gasteiger partial charge in [-0.05, 0) is 18.1 Å². The first kappa shape index (κ1) is 15.0. The molecule has 5 nitrogen and oxygen atoms in total. The SMILES string of the molecule is CC1CN(C(=O)Cc2ccc(CN)cc2)CC(CO)O1. The number of hydrogen-bond acceptors (Lipinski definition) is 4. The molecule has 0 bridgehead atoms. The zero-order valence-corrected chi connectivity index (χ0v) is 11.8. The molecule has 1 aliphatic heterocycles. The van der Waals surface area contributed by atoms with E-state index in [1.807, 2.05) is 31.2 Å². The Morgan fingerprint density at radius 2 is 2.00 bits per heavy atom. The second kappa shape index (κ2) is 6.83. The lowest BCUT2D eigenvalue weighted by Gasteiger charge is -2.36. The van der Waals surface area contributed by atoms with E-state index >= 15 is 0 Å². The molecule has 1 aromatic carbocycles. The number of nitrogens with zero attached hydrogens (tertiary/aromatic N) is 1. The van der Waals surface area contributed by atoms with Crippen molar-refractivity contribution in [3.8, 4) is 0 Å². The van der Waals surface area contributed by atoms with Gasteiger partial charge in [-0.2, -0.15) is 0 Å². The van der Waals surface area contributed by atoms with Gasteiger partial charge in [0.2, 0.25) is 5.91 Å². The molecule has 0 radical (unpaired) electrons. The first-order valence-corrected chi connectivity index (χ1v) is 6.94. The van der Waals surface area contributed by atoms with E-state index in [9.17, 15) is 9.90 Å². The van der Waals surface area contributed by atoms with Crippen molar-refractivity contribution in [1.29, 1.82) is 0 Å². The van der Waals surface area contributed by atoms with Gasteiger partial charge in [-0.25, -0.2) is 0 Å². The van der Waals surface area contributed by atoms with E-state index in [1.165, 1.54) is 0 Å². The van der Waals surface area contributed by atoms with Crippen molar-refractivity contribution in [1.82, 2.24) is 4.90 Å². The van der Waals surface area contributed by atoms with Gasteiger partial charge in [-0.3, -0.25) is 4.79 Å². The molecule has 110 valence electrons. The molecular formula is C15H22N2O3.